The lowest BCUT2D eigenvalue weighted by Crippen LogP contribution is -2.11. The van der Waals surface area contributed by atoms with Gasteiger partial charge < -0.3 is 10.1 Å². The van der Waals surface area contributed by atoms with Gasteiger partial charge in [0.25, 0.3) is 0 Å². The van der Waals surface area contributed by atoms with Crippen molar-refractivity contribution in [2.75, 3.05) is 20.2 Å². The monoisotopic (exact) mass is 287 g/mol. The van der Waals surface area contributed by atoms with E-state index in [0.29, 0.717) is 11.7 Å². The molecule has 1 unspecified atom stereocenters. The Morgan fingerprint density at radius 1 is 1.56 bits per heavy atom. The first-order valence-corrected chi connectivity index (χ1v) is 6.23. The van der Waals surface area contributed by atoms with Crippen molar-refractivity contribution in [2.24, 2.45) is 5.92 Å². The van der Waals surface area contributed by atoms with E-state index in [1.54, 1.807) is 6.07 Å². The highest BCUT2D eigenvalue weighted by atomic mass is 79.9. The summed E-state index contributed by atoms with van der Waals surface area (Å²) in [5, 5.41) is 3.31. The predicted molar refractivity (Wildman–Crippen MR) is 65.3 cm³/mol. The van der Waals surface area contributed by atoms with Gasteiger partial charge in [0.2, 0.25) is 0 Å². The number of hydrogen-bond donors (Lipinski definition) is 1. The van der Waals surface area contributed by atoms with Gasteiger partial charge in [-0.1, -0.05) is 15.9 Å². The quantitative estimate of drug-likeness (QED) is 0.923. The van der Waals surface area contributed by atoms with Gasteiger partial charge in [-0.15, -0.1) is 0 Å². The normalized spacial score (nSPS) is 20.1. The van der Waals surface area contributed by atoms with Gasteiger partial charge in [0, 0.05) is 10.0 Å². The second kappa shape index (κ2) is 5.15. The minimum absolute atomic E-state index is 0.286. The largest absolute Gasteiger partial charge is 0.493 e. The van der Waals surface area contributed by atoms with Crippen LogP contribution in [0.2, 0.25) is 0 Å². The van der Waals surface area contributed by atoms with Gasteiger partial charge >= 0.3 is 0 Å². The number of hydrogen-bond acceptors (Lipinski definition) is 2. The molecule has 4 heteroatoms. The summed E-state index contributed by atoms with van der Waals surface area (Å²) >= 11 is 3.46. The molecule has 1 aliphatic heterocycles. The van der Waals surface area contributed by atoms with Crippen LogP contribution >= 0.6 is 15.9 Å². The molecule has 0 aromatic heterocycles. The molecule has 0 spiro atoms. The van der Waals surface area contributed by atoms with E-state index in [0.717, 1.165) is 36.0 Å². The molecule has 16 heavy (non-hydrogen) atoms. The molecule has 1 atom stereocenters. The fourth-order valence-electron chi connectivity index (χ4n) is 2.16. The molecular weight excluding hydrogens is 273 g/mol. The molecule has 1 fully saturated rings. The molecule has 2 nitrogen and oxygen atoms in total. The van der Waals surface area contributed by atoms with Gasteiger partial charge in [-0.2, -0.15) is 0 Å². The Balaban J connectivity index is 2.26. The maximum absolute atomic E-state index is 13.5. The number of rotatable bonds is 3. The molecule has 0 radical (unpaired) electrons. The molecule has 1 N–H and O–H groups in total. The summed E-state index contributed by atoms with van der Waals surface area (Å²) < 4.78 is 19.6. The van der Waals surface area contributed by atoms with Crippen LogP contribution in [0.3, 0.4) is 0 Å². The Hall–Kier alpha value is -0.610. The summed E-state index contributed by atoms with van der Waals surface area (Å²) in [6.45, 7) is 2.06. The van der Waals surface area contributed by atoms with Crippen molar-refractivity contribution in [1.82, 2.24) is 5.32 Å². The van der Waals surface area contributed by atoms with Crippen LogP contribution in [0, 0.1) is 11.7 Å². The highest BCUT2D eigenvalue weighted by molar-refractivity contribution is 9.10. The summed E-state index contributed by atoms with van der Waals surface area (Å²) in [6.07, 6.45) is 2.00. The molecule has 1 aliphatic rings. The summed E-state index contributed by atoms with van der Waals surface area (Å²) in [4.78, 5) is 0. The first kappa shape index (κ1) is 11.9. The van der Waals surface area contributed by atoms with Crippen molar-refractivity contribution in [3.8, 4) is 5.75 Å². The lowest BCUT2D eigenvalue weighted by molar-refractivity contribution is 0.377. The van der Waals surface area contributed by atoms with E-state index in [2.05, 4.69) is 21.2 Å². The average molecular weight is 288 g/mol. The van der Waals surface area contributed by atoms with Gasteiger partial charge in [0.1, 0.15) is 0 Å². The number of methoxy groups -OCH3 is 1. The van der Waals surface area contributed by atoms with Crippen LogP contribution in [-0.2, 0) is 6.42 Å². The molecule has 0 aliphatic carbocycles. The first-order chi connectivity index (χ1) is 7.72. The van der Waals surface area contributed by atoms with Gasteiger partial charge in [0.15, 0.2) is 11.6 Å². The molecule has 0 amide bonds. The standard InChI is InChI=1S/C12H15BrFNO/c1-16-12-9(6-8-4-5-15-7-8)10(13)2-3-11(12)14/h2-3,8,15H,4-7H2,1H3. The van der Waals surface area contributed by atoms with Gasteiger partial charge in [-0.05, 0) is 44.0 Å². The fourth-order valence-corrected chi connectivity index (χ4v) is 2.64. The smallest absolute Gasteiger partial charge is 0.165 e. The summed E-state index contributed by atoms with van der Waals surface area (Å²) in [7, 11) is 1.52. The molecule has 1 heterocycles. The predicted octanol–water partition coefficient (Wildman–Crippen LogP) is 2.75. The number of ether oxygens (including phenoxy) is 1. The van der Waals surface area contributed by atoms with Gasteiger partial charge in [0.05, 0.1) is 7.11 Å². The molecule has 1 aromatic carbocycles. The highest BCUT2D eigenvalue weighted by Gasteiger charge is 2.20. The van der Waals surface area contributed by atoms with E-state index in [4.69, 9.17) is 4.74 Å². The fraction of sp³-hybridized carbons (Fsp3) is 0.500. The summed E-state index contributed by atoms with van der Waals surface area (Å²) in [6, 6.07) is 3.18. The van der Waals surface area contributed by atoms with Crippen LogP contribution in [0.1, 0.15) is 12.0 Å². The van der Waals surface area contributed by atoms with Crippen LogP contribution in [0.25, 0.3) is 0 Å². The second-order valence-corrected chi connectivity index (χ2v) is 4.96. The zero-order chi connectivity index (χ0) is 11.5. The van der Waals surface area contributed by atoms with E-state index < -0.39 is 0 Å². The van der Waals surface area contributed by atoms with Crippen LogP contribution in [0.4, 0.5) is 4.39 Å². The Morgan fingerprint density at radius 3 is 3.00 bits per heavy atom. The summed E-state index contributed by atoms with van der Waals surface area (Å²) in [5.41, 5.74) is 0.941. The number of benzene rings is 1. The number of nitrogens with one attached hydrogen (secondary N) is 1. The van der Waals surface area contributed by atoms with E-state index in [1.807, 2.05) is 0 Å². The lowest BCUT2D eigenvalue weighted by Gasteiger charge is -2.14. The molecule has 2 rings (SSSR count). The van der Waals surface area contributed by atoms with E-state index >= 15 is 0 Å². The number of halogens is 2. The van der Waals surface area contributed by atoms with Crippen molar-refractivity contribution in [3.63, 3.8) is 0 Å². The minimum atomic E-state index is -0.286. The zero-order valence-electron chi connectivity index (χ0n) is 9.22. The Kier molecular flexibility index (Phi) is 3.82. The molecule has 1 saturated heterocycles. The van der Waals surface area contributed by atoms with Crippen molar-refractivity contribution in [2.45, 2.75) is 12.8 Å². The molecule has 0 saturated carbocycles. The second-order valence-electron chi connectivity index (χ2n) is 4.10. The van der Waals surface area contributed by atoms with Crippen molar-refractivity contribution < 1.29 is 9.13 Å². The van der Waals surface area contributed by atoms with Crippen LogP contribution < -0.4 is 10.1 Å². The third kappa shape index (κ3) is 2.38. The van der Waals surface area contributed by atoms with Crippen LogP contribution in [0.5, 0.6) is 5.75 Å². The Morgan fingerprint density at radius 2 is 2.38 bits per heavy atom. The molecule has 1 aromatic rings. The maximum atomic E-state index is 13.5. The average Bonchev–Trinajstić information content (AvgIpc) is 2.77. The van der Waals surface area contributed by atoms with E-state index in [9.17, 15) is 4.39 Å². The minimum Gasteiger partial charge on any atom is -0.493 e. The summed E-state index contributed by atoms with van der Waals surface area (Å²) in [5.74, 6) is 0.667. The third-order valence-electron chi connectivity index (χ3n) is 3.01. The SMILES string of the molecule is COc1c(F)ccc(Br)c1CC1CCNC1. The van der Waals surface area contributed by atoms with Gasteiger partial charge in [-0.25, -0.2) is 4.39 Å². The van der Waals surface area contributed by atoms with Crippen LogP contribution in [0.15, 0.2) is 16.6 Å². The lowest BCUT2D eigenvalue weighted by atomic mass is 9.98. The van der Waals surface area contributed by atoms with E-state index in [1.165, 1.54) is 13.2 Å². The van der Waals surface area contributed by atoms with E-state index in [-0.39, 0.29) is 5.82 Å². The van der Waals surface area contributed by atoms with Crippen LogP contribution in [-0.4, -0.2) is 20.2 Å². The molecule has 0 bridgehead atoms. The third-order valence-corrected chi connectivity index (χ3v) is 3.76. The topological polar surface area (TPSA) is 21.3 Å². The van der Waals surface area contributed by atoms with Gasteiger partial charge in [-0.3, -0.25) is 0 Å². The maximum Gasteiger partial charge on any atom is 0.165 e. The Bertz CT molecular complexity index is 378. The molecular formula is C12H15BrFNO. The Labute approximate surface area is 103 Å². The molecule has 88 valence electrons. The van der Waals surface area contributed by atoms with Crippen molar-refractivity contribution in [3.05, 3.63) is 28.0 Å². The van der Waals surface area contributed by atoms with Crippen molar-refractivity contribution in [1.29, 1.82) is 0 Å². The first-order valence-electron chi connectivity index (χ1n) is 5.44. The zero-order valence-corrected chi connectivity index (χ0v) is 10.8. The highest BCUT2D eigenvalue weighted by Crippen LogP contribution is 2.32. The van der Waals surface area contributed by atoms with Crippen molar-refractivity contribution >= 4 is 15.9 Å².